The second-order valence-electron chi connectivity index (χ2n) is 5.45. The van der Waals surface area contributed by atoms with Crippen LogP contribution in [0.1, 0.15) is 40.5 Å². The van der Waals surface area contributed by atoms with Gasteiger partial charge in [-0.1, -0.05) is 13.8 Å². The molecule has 6 heteroatoms. The van der Waals surface area contributed by atoms with Crippen molar-refractivity contribution in [2.45, 2.75) is 52.6 Å². The highest BCUT2D eigenvalue weighted by molar-refractivity contribution is 5.76. The average Bonchev–Trinajstić information content (AvgIpc) is 2.38. The van der Waals surface area contributed by atoms with E-state index in [1.54, 1.807) is 6.20 Å². The first-order valence-corrected chi connectivity index (χ1v) is 7.00. The second kappa shape index (κ2) is 7.07. The van der Waals surface area contributed by atoms with Gasteiger partial charge in [-0.25, -0.2) is 4.68 Å². The van der Waals surface area contributed by atoms with Crippen LogP contribution in [0.2, 0.25) is 0 Å². The number of carbonyl (C=O) groups excluding carboxylic acids is 1. The van der Waals surface area contributed by atoms with Crippen LogP contribution in [-0.4, -0.2) is 27.8 Å². The van der Waals surface area contributed by atoms with Crippen LogP contribution in [0.5, 0.6) is 0 Å². The number of nitrogens with zero attached hydrogens (tertiary/aromatic N) is 2. The van der Waals surface area contributed by atoms with Crippen LogP contribution in [0.4, 0.5) is 5.69 Å². The van der Waals surface area contributed by atoms with Gasteiger partial charge in [0.25, 0.3) is 5.56 Å². The third-order valence-corrected chi connectivity index (χ3v) is 3.10. The summed E-state index contributed by atoms with van der Waals surface area (Å²) in [7, 11) is 0. The fourth-order valence-electron chi connectivity index (χ4n) is 1.56. The Balaban J connectivity index is 2.69. The monoisotopic (exact) mass is 280 g/mol. The van der Waals surface area contributed by atoms with E-state index in [1.165, 1.54) is 6.07 Å². The highest BCUT2D eigenvalue weighted by Crippen LogP contribution is 2.06. The lowest BCUT2D eigenvalue weighted by Gasteiger charge is -2.24. The van der Waals surface area contributed by atoms with Gasteiger partial charge >= 0.3 is 0 Å². The summed E-state index contributed by atoms with van der Waals surface area (Å²) in [5, 5.41) is 9.97. The lowest BCUT2D eigenvalue weighted by atomic mass is 10.0. The fourth-order valence-corrected chi connectivity index (χ4v) is 1.56. The maximum Gasteiger partial charge on any atom is 0.269 e. The van der Waals surface area contributed by atoms with Gasteiger partial charge in [0.2, 0.25) is 5.91 Å². The van der Waals surface area contributed by atoms with E-state index in [1.807, 2.05) is 27.7 Å². The van der Waals surface area contributed by atoms with Crippen molar-refractivity contribution in [3.63, 3.8) is 0 Å². The molecule has 6 nitrogen and oxygen atoms in total. The quantitative estimate of drug-likeness (QED) is 0.791. The number of amides is 1. The van der Waals surface area contributed by atoms with Gasteiger partial charge in [0.1, 0.15) is 6.54 Å². The number of rotatable bonds is 7. The molecule has 0 bridgehead atoms. The van der Waals surface area contributed by atoms with E-state index in [4.69, 9.17) is 0 Å². The van der Waals surface area contributed by atoms with E-state index in [9.17, 15) is 9.59 Å². The molecule has 20 heavy (non-hydrogen) atoms. The summed E-state index contributed by atoms with van der Waals surface area (Å²) in [4.78, 5) is 23.7. The Morgan fingerprint density at radius 3 is 2.65 bits per heavy atom. The number of carbonyl (C=O) groups is 1. The van der Waals surface area contributed by atoms with Crippen LogP contribution in [0.3, 0.4) is 0 Å². The first kappa shape index (κ1) is 16.2. The predicted molar refractivity (Wildman–Crippen MR) is 79.8 cm³/mol. The van der Waals surface area contributed by atoms with Gasteiger partial charge in [0.15, 0.2) is 0 Å². The topological polar surface area (TPSA) is 76.0 Å². The van der Waals surface area contributed by atoms with Gasteiger partial charge in [-0.2, -0.15) is 5.10 Å². The van der Waals surface area contributed by atoms with Crippen molar-refractivity contribution in [2.75, 3.05) is 11.9 Å². The Bertz CT molecular complexity index is 508. The zero-order chi connectivity index (χ0) is 15.2. The third-order valence-electron chi connectivity index (χ3n) is 3.10. The lowest BCUT2D eigenvalue weighted by molar-refractivity contribution is -0.123. The van der Waals surface area contributed by atoms with Crippen LogP contribution < -0.4 is 16.2 Å². The molecule has 0 aliphatic heterocycles. The van der Waals surface area contributed by atoms with E-state index in [0.717, 1.165) is 24.1 Å². The summed E-state index contributed by atoms with van der Waals surface area (Å²) >= 11 is 0. The largest absolute Gasteiger partial charge is 0.384 e. The fraction of sp³-hybridized carbons (Fsp3) is 0.643. The molecule has 0 saturated carbocycles. The Morgan fingerprint density at radius 1 is 1.40 bits per heavy atom. The smallest absolute Gasteiger partial charge is 0.269 e. The molecule has 1 amide bonds. The van der Waals surface area contributed by atoms with E-state index < -0.39 is 0 Å². The summed E-state index contributed by atoms with van der Waals surface area (Å²) < 4.78 is 1.16. The predicted octanol–water partition coefficient (Wildman–Crippen LogP) is 1.37. The van der Waals surface area contributed by atoms with Crippen LogP contribution in [0, 0.1) is 0 Å². The van der Waals surface area contributed by atoms with Crippen molar-refractivity contribution in [1.29, 1.82) is 0 Å². The highest BCUT2D eigenvalue weighted by Gasteiger charge is 2.18. The molecule has 1 aromatic rings. The molecule has 0 spiro atoms. The van der Waals surface area contributed by atoms with Crippen molar-refractivity contribution in [3.8, 4) is 0 Å². The number of aromatic nitrogens is 2. The van der Waals surface area contributed by atoms with Gasteiger partial charge in [0, 0.05) is 18.2 Å². The zero-order valence-corrected chi connectivity index (χ0v) is 12.7. The minimum atomic E-state index is -0.282. The van der Waals surface area contributed by atoms with Crippen molar-refractivity contribution in [3.05, 3.63) is 22.6 Å². The number of nitrogens with one attached hydrogen (secondary N) is 2. The van der Waals surface area contributed by atoms with Crippen molar-refractivity contribution in [2.24, 2.45) is 0 Å². The van der Waals surface area contributed by atoms with Gasteiger partial charge in [-0.15, -0.1) is 0 Å². The average molecular weight is 280 g/mol. The maximum atomic E-state index is 11.9. The van der Waals surface area contributed by atoms with Gasteiger partial charge in [0.05, 0.1) is 11.9 Å². The SMILES string of the molecule is CCCNc1cnn(CC(=O)NC(C)(C)CC)c(=O)c1. The third kappa shape index (κ3) is 5.03. The normalized spacial score (nSPS) is 11.2. The van der Waals surface area contributed by atoms with Gasteiger partial charge in [-0.05, 0) is 26.7 Å². The second-order valence-corrected chi connectivity index (χ2v) is 5.45. The van der Waals surface area contributed by atoms with E-state index in [-0.39, 0.29) is 23.6 Å². The molecule has 0 radical (unpaired) electrons. The Labute approximate surface area is 119 Å². The number of hydrogen-bond donors (Lipinski definition) is 2. The summed E-state index contributed by atoms with van der Waals surface area (Å²) in [6.07, 6.45) is 3.35. The molecule has 0 atom stereocenters. The van der Waals surface area contributed by atoms with Crippen molar-refractivity contribution >= 4 is 11.6 Å². The molecule has 0 aromatic carbocycles. The number of anilines is 1. The van der Waals surface area contributed by atoms with Crippen LogP contribution >= 0.6 is 0 Å². The maximum absolute atomic E-state index is 11.9. The standard InChI is InChI=1S/C14H24N4O2/c1-5-7-15-11-8-13(20)18(16-9-11)10-12(19)17-14(3,4)6-2/h8-9,15H,5-7,10H2,1-4H3,(H,17,19). The van der Waals surface area contributed by atoms with Gasteiger partial charge < -0.3 is 10.6 Å². The molecule has 1 heterocycles. The highest BCUT2D eigenvalue weighted by atomic mass is 16.2. The summed E-state index contributed by atoms with van der Waals surface area (Å²) in [6.45, 7) is 8.66. The van der Waals surface area contributed by atoms with Crippen LogP contribution in [0.25, 0.3) is 0 Å². The molecular weight excluding hydrogens is 256 g/mol. The van der Waals surface area contributed by atoms with Crippen LogP contribution in [0.15, 0.2) is 17.1 Å². The molecule has 0 unspecified atom stereocenters. The molecule has 2 N–H and O–H groups in total. The van der Waals surface area contributed by atoms with E-state index >= 15 is 0 Å². The molecule has 1 rings (SSSR count). The van der Waals surface area contributed by atoms with Gasteiger partial charge in [-0.3, -0.25) is 9.59 Å². The Morgan fingerprint density at radius 2 is 2.10 bits per heavy atom. The molecule has 0 saturated heterocycles. The number of hydrogen-bond acceptors (Lipinski definition) is 4. The molecular formula is C14H24N4O2. The molecule has 1 aromatic heterocycles. The van der Waals surface area contributed by atoms with E-state index in [0.29, 0.717) is 5.69 Å². The zero-order valence-electron chi connectivity index (χ0n) is 12.7. The Kier molecular flexibility index (Phi) is 5.73. The Hall–Kier alpha value is -1.85. The summed E-state index contributed by atoms with van der Waals surface area (Å²) in [6, 6.07) is 1.46. The first-order chi connectivity index (χ1) is 9.38. The molecule has 0 aliphatic carbocycles. The van der Waals surface area contributed by atoms with E-state index in [2.05, 4.69) is 15.7 Å². The lowest BCUT2D eigenvalue weighted by Crippen LogP contribution is -2.45. The molecule has 0 aliphatic rings. The molecule has 112 valence electrons. The first-order valence-electron chi connectivity index (χ1n) is 7.00. The molecule has 0 fully saturated rings. The summed E-state index contributed by atoms with van der Waals surface area (Å²) in [5.41, 5.74) is 0.126. The minimum absolute atomic E-state index is 0.0592. The van der Waals surface area contributed by atoms with Crippen LogP contribution in [-0.2, 0) is 11.3 Å². The van der Waals surface area contributed by atoms with Crippen molar-refractivity contribution < 1.29 is 4.79 Å². The summed E-state index contributed by atoms with van der Waals surface area (Å²) in [5.74, 6) is -0.208. The van der Waals surface area contributed by atoms with Crippen molar-refractivity contribution in [1.82, 2.24) is 15.1 Å². The minimum Gasteiger partial charge on any atom is -0.384 e.